The Balaban J connectivity index is 1.28. The molecule has 0 radical (unpaired) electrons. The van der Waals surface area contributed by atoms with Gasteiger partial charge in [0.15, 0.2) is 0 Å². The van der Waals surface area contributed by atoms with Gasteiger partial charge in [0.2, 0.25) is 0 Å². The first kappa shape index (κ1) is 17.0. The van der Waals surface area contributed by atoms with Crippen LogP contribution in [0.5, 0.6) is 0 Å². The van der Waals surface area contributed by atoms with Crippen LogP contribution in [0.15, 0.2) is 29.6 Å². The van der Waals surface area contributed by atoms with Crippen molar-refractivity contribution in [3.63, 3.8) is 0 Å². The molecule has 2 aliphatic rings. The molecule has 1 aliphatic heterocycles. The van der Waals surface area contributed by atoms with Crippen molar-refractivity contribution < 1.29 is 4.79 Å². The Morgan fingerprint density at radius 2 is 2.04 bits per heavy atom. The number of benzene rings is 1. The van der Waals surface area contributed by atoms with Gasteiger partial charge in [-0.25, -0.2) is 4.98 Å². The number of aromatic amines is 1. The number of hydrogen-bond donors (Lipinski definition) is 1. The number of nitrogens with one attached hydrogen (secondary N) is 1. The van der Waals surface area contributed by atoms with E-state index < -0.39 is 0 Å². The average molecular weight is 380 g/mol. The summed E-state index contributed by atoms with van der Waals surface area (Å²) < 4.78 is 0. The number of likely N-dealkylation sites (tertiary alicyclic amines) is 1. The lowest BCUT2D eigenvalue weighted by atomic mass is 9.88. The molecule has 1 N–H and O–H groups in total. The highest BCUT2D eigenvalue weighted by Crippen LogP contribution is 2.34. The van der Waals surface area contributed by atoms with Gasteiger partial charge in [-0.2, -0.15) is 0 Å². The Morgan fingerprint density at radius 1 is 1.22 bits per heavy atom. The third kappa shape index (κ3) is 3.08. The molecule has 1 aliphatic carbocycles. The second-order valence-corrected chi connectivity index (χ2v) is 9.07. The van der Waals surface area contributed by atoms with Crippen LogP contribution in [0.1, 0.15) is 58.7 Å². The molecule has 1 aromatic carbocycles. The number of para-hydroxylation sites is 2. The summed E-state index contributed by atoms with van der Waals surface area (Å²) in [5.41, 5.74) is 4.45. The molecular formula is C22H25N3OS. The van der Waals surface area contributed by atoms with Crippen molar-refractivity contribution >= 4 is 28.3 Å². The molecule has 1 unspecified atom stereocenters. The first-order valence-corrected chi connectivity index (χ1v) is 10.9. The fraction of sp³-hybridized carbons (Fsp3) is 0.455. The van der Waals surface area contributed by atoms with Crippen LogP contribution >= 0.6 is 11.3 Å². The molecule has 3 heterocycles. The van der Waals surface area contributed by atoms with E-state index >= 15 is 0 Å². The summed E-state index contributed by atoms with van der Waals surface area (Å²) >= 11 is 1.79. The van der Waals surface area contributed by atoms with Gasteiger partial charge in [0.25, 0.3) is 5.91 Å². The molecule has 0 spiro atoms. The minimum atomic E-state index is 0.241. The molecule has 1 atom stereocenters. The van der Waals surface area contributed by atoms with E-state index in [1.807, 2.05) is 12.1 Å². The van der Waals surface area contributed by atoms with Gasteiger partial charge in [0.1, 0.15) is 5.82 Å². The summed E-state index contributed by atoms with van der Waals surface area (Å²) in [6.45, 7) is 3.95. The highest BCUT2D eigenvalue weighted by molar-refractivity contribution is 7.10. The normalized spacial score (nSPS) is 20.8. The van der Waals surface area contributed by atoms with E-state index in [0.29, 0.717) is 5.92 Å². The Morgan fingerprint density at radius 3 is 2.85 bits per heavy atom. The Kier molecular flexibility index (Phi) is 4.27. The lowest BCUT2D eigenvalue weighted by molar-refractivity contribution is 0.0710. The van der Waals surface area contributed by atoms with E-state index in [2.05, 4.69) is 34.3 Å². The standard InChI is InChI=1S/C22H25N3OS/c1-14-6-7-16-17(13-27-20(16)12-14)22(26)25-10-8-15(9-11-25)21-23-18-4-2-3-5-19(18)24-21/h2-5,13-15H,6-12H2,1H3,(H,23,24). The molecule has 0 bridgehead atoms. The summed E-state index contributed by atoms with van der Waals surface area (Å²) in [4.78, 5) is 24.8. The van der Waals surface area contributed by atoms with Gasteiger partial charge < -0.3 is 9.88 Å². The zero-order valence-corrected chi connectivity index (χ0v) is 16.5. The minimum absolute atomic E-state index is 0.241. The van der Waals surface area contributed by atoms with Crippen LogP contribution in [-0.4, -0.2) is 33.9 Å². The van der Waals surface area contributed by atoms with E-state index in [0.717, 1.165) is 67.1 Å². The summed E-state index contributed by atoms with van der Waals surface area (Å²) in [6.07, 6.45) is 5.37. The van der Waals surface area contributed by atoms with Gasteiger partial charge in [0.05, 0.1) is 16.6 Å². The number of hydrogen-bond acceptors (Lipinski definition) is 3. The van der Waals surface area contributed by atoms with Crippen molar-refractivity contribution in [2.75, 3.05) is 13.1 Å². The quantitative estimate of drug-likeness (QED) is 0.697. The smallest absolute Gasteiger partial charge is 0.254 e. The maximum Gasteiger partial charge on any atom is 0.254 e. The number of fused-ring (bicyclic) bond motifs is 2. The van der Waals surface area contributed by atoms with Crippen LogP contribution in [0, 0.1) is 5.92 Å². The van der Waals surface area contributed by atoms with Gasteiger partial charge in [-0.15, -0.1) is 11.3 Å². The Bertz CT molecular complexity index is 948. The Hall–Kier alpha value is -2.14. The summed E-state index contributed by atoms with van der Waals surface area (Å²) in [6, 6.07) is 8.18. The minimum Gasteiger partial charge on any atom is -0.342 e. The van der Waals surface area contributed by atoms with Crippen LogP contribution in [0.2, 0.25) is 0 Å². The third-order valence-corrected chi connectivity index (χ3v) is 7.26. The summed E-state index contributed by atoms with van der Waals surface area (Å²) in [5.74, 6) is 2.48. The number of carbonyl (C=O) groups excluding carboxylic acids is 1. The van der Waals surface area contributed by atoms with Gasteiger partial charge in [-0.1, -0.05) is 19.1 Å². The molecule has 5 heteroatoms. The highest BCUT2D eigenvalue weighted by Gasteiger charge is 2.29. The molecule has 0 saturated carbocycles. The van der Waals surface area contributed by atoms with Crippen molar-refractivity contribution in [3.05, 3.63) is 51.5 Å². The van der Waals surface area contributed by atoms with Crippen LogP contribution < -0.4 is 0 Å². The predicted molar refractivity (Wildman–Crippen MR) is 109 cm³/mol. The number of amides is 1. The number of H-pyrrole nitrogens is 1. The number of carbonyl (C=O) groups is 1. The van der Waals surface area contributed by atoms with Crippen molar-refractivity contribution in [1.82, 2.24) is 14.9 Å². The molecule has 3 aromatic rings. The lowest BCUT2D eigenvalue weighted by Crippen LogP contribution is -2.38. The van der Waals surface area contributed by atoms with Gasteiger partial charge >= 0.3 is 0 Å². The monoisotopic (exact) mass is 379 g/mol. The third-order valence-electron chi connectivity index (χ3n) is 6.21. The predicted octanol–water partition coefficient (Wildman–Crippen LogP) is 4.77. The molecule has 140 valence electrons. The molecule has 4 nitrogen and oxygen atoms in total. The second-order valence-electron chi connectivity index (χ2n) is 8.10. The van der Waals surface area contributed by atoms with Crippen molar-refractivity contribution in [2.45, 2.75) is 44.9 Å². The number of rotatable bonds is 2. The largest absolute Gasteiger partial charge is 0.342 e. The fourth-order valence-electron chi connectivity index (χ4n) is 4.55. The van der Waals surface area contributed by atoms with Crippen molar-refractivity contribution in [2.24, 2.45) is 5.92 Å². The zero-order valence-electron chi connectivity index (χ0n) is 15.7. The maximum absolute atomic E-state index is 13.1. The highest BCUT2D eigenvalue weighted by atomic mass is 32.1. The van der Waals surface area contributed by atoms with Crippen LogP contribution in [0.4, 0.5) is 0 Å². The number of thiophene rings is 1. The zero-order chi connectivity index (χ0) is 18.4. The van der Waals surface area contributed by atoms with Gasteiger partial charge in [0, 0.05) is 29.3 Å². The SMILES string of the molecule is CC1CCc2c(C(=O)N3CCC(c4nc5ccccc5[nH]4)CC3)csc2C1. The van der Waals surface area contributed by atoms with E-state index in [1.165, 1.54) is 16.9 Å². The fourth-order valence-corrected chi connectivity index (χ4v) is 5.79. The first-order chi connectivity index (χ1) is 13.2. The maximum atomic E-state index is 13.1. The lowest BCUT2D eigenvalue weighted by Gasteiger charge is -2.31. The molecule has 27 heavy (non-hydrogen) atoms. The summed E-state index contributed by atoms with van der Waals surface area (Å²) in [7, 11) is 0. The topological polar surface area (TPSA) is 49.0 Å². The molecule has 1 fully saturated rings. The number of imidazole rings is 1. The number of aromatic nitrogens is 2. The average Bonchev–Trinajstić information content (AvgIpc) is 3.31. The number of piperidine rings is 1. The molecular weight excluding hydrogens is 354 g/mol. The van der Waals surface area contributed by atoms with E-state index in [9.17, 15) is 4.79 Å². The molecule has 2 aromatic heterocycles. The molecule has 1 amide bonds. The van der Waals surface area contributed by atoms with Crippen molar-refractivity contribution in [1.29, 1.82) is 0 Å². The van der Waals surface area contributed by atoms with Gasteiger partial charge in [-0.05, 0) is 55.7 Å². The van der Waals surface area contributed by atoms with Crippen LogP contribution in [-0.2, 0) is 12.8 Å². The van der Waals surface area contributed by atoms with E-state index in [4.69, 9.17) is 4.98 Å². The van der Waals surface area contributed by atoms with E-state index in [-0.39, 0.29) is 5.91 Å². The first-order valence-electron chi connectivity index (χ1n) is 10.0. The van der Waals surface area contributed by atoms with Crippen molar-refractivity contribution in [3.8, 4) is 0 Å². The van der Waals surface area contributed by atoms with Gasteiger partial charge in [-0.3, -0.25) is 4.79 Å². The van der Waals surface area contributed by atoms with Crippen LogP contribution in [0.25, 0.3) is 11.0 Å². The second kappa shape index (κ2) is 6.79. The molecule has 1 saturated heterocycles. The Labute approximate surface area is 163 Å². The van der Waals surface area contributed by atoms with E-state index in [1.54, 1.807) is 11.3 Å². The van der Waals surface area contributed by atoms with Crippen LogP contribution in [0.3, 0.4) is 0 Å². The number of nitrogens with zero attached hydrogens (tertiary/aromatic N) is 2. The molecule has 5 rings (SSSR count). The summed E-state index contributed by atoms with van der Waals surface area (Å²) in [5, 5.41) is 2.11.